The minimum atomic E-state index is -0.107. The van der Waals surface area contributed by atoms with E-state index in [1.165, 1.54) is 32.1 Å². The van der Waals surface area contributed by atoms with Crippen LogP contribution in [-0.4, -0.2) is 61.0 Å². The van der Waals surface area contributed by atoms with Crippen molar-refractivity contribution in [2.24, 2.45) is 0 Å². The van der Waals surface area contributed by atoms with E-state index in [0.29, 0.717) is 12.1 Å². The minimum absolute atomic E-state index is 0.0168. The summed E-state index contributed by atoms with van der Waals surface area (Å²) in [4.78, 5) is 28.3. The van der Waals surface area contributed by atoms with Gasteiger partial charge in [-0.15, -0.1) is 0 Å². The fourth-order valence-corrected chi connectivity index (χ4v) is 4.30. The van der Waals surface area contributed by atoms with Crippen molar-refractivity contribution < 1.29 is 9.59 Å². The number of urea groups is 1. The first kappa shape index (κ1) is 20.6. The van der Waals surface area contributed by atoms with E-state index >= 15 is 0 Å². The highest BCUT2D eigenvalue weighted by Crippen LogP contribution is 2.25. The van der Waals surface area contributed by atoms with Crippen molar-refractivity contribution in [1.82, 2.24) is 20.4 Å². The van der Waals surface area contributed by atoms with Crippen LogP contribution in [0.4, 0.5) is 4.79 Å². The third-order valence-electron chi connectivity index (χ3n) is 6.02. The van der Waals surface area contributed by atoms with Gasteiger partial charge in [-0.25, -0.2) is 4.79 Å². The Kier molecular flexibility index (Phi) is 7.31. The molecule has 1 aliphatic heterocycles. The standard InChI is InChI=1S/C22H34N4O2/c1-25(2)21(27)18-10-8-17(9-11-18)16-23-22(28)24-19-12-14-26(15-13-19)20-6-4-3-5-7-20/h8-11,19-20H,3-7,12-16H2,1-2H3,(H2,23,24,28). The van der Waals surface area contributed by atoms with Crippen LogP contribution in [0.25, 0.3) is 0 Å². The highest BCUT2D eigenvalue weighted by atomic mass is 16.2. The number of amides is 3. The molecule has 3 amide bonds. The Morgan fingerprint density at radius 2 is 1.64 bits per heavy atom. The number of likely N-dealkylation sites (tertiary alicyclic amines) is 1. The maximum Gasteiger partial charge on any atom is 0.315 e. The highest BCUT2D eigenvalue weighted by Gasteiger charge is 2.26. The van der Waals surface area contributed by atoms with Gasteiger partial charge in [0.15, 0.2) is 0 Å². The topological polar surface area (TPSA) is 64.7 Å². The third kappa shape index (κ3) is 5.71. The van der Waals surface area contributed by atoms with E-state index < -0.39 is 0 Å². The molecule has 28 heavy (non-hydrogen) atoms. The smallest absolute Gasteiger partial charge is 0.315 e. The molecule has 0 unspecified atom stereocenters. The van der Waals surface area contributed by atoms with Crippen LogP contribution in [0.1, 0.15) is 60.9 Å². The SMILES string of the molecule is CN(C)C(=O)c1ccc(CNC(=O)NC2CCN(C3CCCCC3)CC2)cc1. The summed E-state index contributed by atoms with van der Waals surface area (Å²) in [6.45, 7) is 2.65. The molecule has 0 aromatic heterocycles. The first-order valence-electron chi connectivity index (χ1n) is 10.6. The number of nitrogens with one attached hydrogen (secondary N) is 2. The van der Waals surface area contributed by atoms with E-state index in [2.05, 4.69) is 15.5 Å². The van der Waals surface area contributed by atoms with Crippen molar-refractivity contribution in [2.45, 2.75) is 63.6 Å². The average Bonchev–Trinajstić information content (AvgIpc) is 2.73. The van der Waals surface area contributed by atoms with Gasteiger partial charge >= 0.3 is 6.03 Å². The van der Waals surface area contributed by atoms with Gasteiger partial charge in [0, 0.05) is 51.4 Å². The molecule has 3 rings (SSSR count). The summed E-state index contributed by atoms with van der Waals surface area (Å²) in [6, 6.07) is 8.31. The van der Waals surface area contributed by atoms with Crippen LogP contribution in [-0.2, 0) is 6.54 Å². The van der Waals surface area contributed by atoms with Crippen LogP contribution >= 0.6 is 0 Å². The Morgan fingerprint density at radius 1 is 1.00 bits per heavy atom. The Bertz CT molecular complexity index is 645. The van der Waals surface area contributed by atoms with Crippen LogP contribution in [0.15, 0.2) is 24.3 Å². The Balaban J connectivity index is 1.37. The predicted molar refractivity (Wildman–Crippen MR) is 111 cm³/mol. The van der Waals surface area contributed by atoms with Crippen LogP contribution in [0.3, 0.4) is 0 Å². The number of nitrogens with zero attached hydrogens (tertiary/aromatic N) is 2. The molecule has 1 aromatic carbocycles. The van der Waals surface area contributed by atoms with Gasteiger partial charge in [0.25, 0.3) is 5.91 Å². The summed E-state index contributed by atoms with van der Waals surface area (Å²) in [5.41, 5.74) is 1.64. The lowest BCUT2D eigenvalue weighted by molar-refractivity contribution is 0.0827. The van der Waals surface area contributed by atoms with Crippen molar-refractivity contribution in [3.8, 4) is 0 Å². The lowest BCUT2D eigenvalue weighted by Gasteiger charge is -2.39. The van der Waals surface area contributed by atoms with Crippen molar-refractivity contribution in [2.75, 3.05) is 27.2 Å². The van der Waals surface area contributed by atoms with E-state index in [1.54, 1.807) is 31.1 Å². The lowest BCUT2D eigenvalue weighted by Crippen LogP contribution is -2.50. The summed E-state index contributed by atoms with van der Waals surface area (Å²) < 4.78 is 0. The zero-order valence-corrected chi connectivity index (χ0v) is 17.2. The highest BCUT2D eigenvalue weighted by molar-refractivity contribution is 5.93. The maximum absolute atomic E-state index is 12.2. The number of hydrogen-bond donors (Lipinski definition) is 2. The van der Waals surface area contributed by atoms with Crippen LogP contribution in [0.5, 0.6) is 0 Å². The van der Waals surface area contributed by atoms with Gasteiger partial charge in [-0.05, 0) is 43.4 Å². The zero-order valence-electron chi connectivity index (χ0n) is 17.2. The largest absolute Gasteiger partial charge is 0.345 e. The van der Waals surface area contributed by atoms with Crippen molar-refractivity contribution >= 4 is 11.9 Å². The summed E-state index contributed by atoms with van der Waals surface area (Å²) >= 11 is 0. The van der Waals surface area contributed by atoms with E-state index in [0.717, 1.165) is 37.5 Å². The summed E-state index contributed by atoms with van der Waals surface area (Å²) in [7, 11) is 3.48. The van der Waals surface area contributed by atoms with E-state index in [1.807, 2.05) is 12.1 Å². The summed E-state index contributed by atoms with van der Waals surface area (Å²) in [5, 5.41) is 6.05. The molecular formula is C22H34N4O2. The number of carbonyl (C=O) groups excluding carboxylic acids is 2. The molecule has 1 saturated heterocycles. The summed E-state index contributed by atoms with van der Waals surface area (Å²) in [5.74, 6) is -0.0168. The fourth-order valence-electron chi connectivity index (χ4n) is 4.30. The zero-order chi connectivity index (χ0) is 19.9. The Morgan fingerprint density at radius 3 is 2.25 bits per heavy atom. The third-order valence-corrected chi connectivity index (χ3v) is 6.02. The van der Waals surface area contributed by atoms with E-state index in [9.17, 15) is 9.59 Å². The molecule has 0 radical (unpaired) electrons. The van der Waals surface area contributed by atoms with Gasteiger partial charge in [-0.3, -0.25) is 4.79 Å². The molecule has 0 bridgehead atoms. The molecule has 2 N–H and O–H groups in total. The van der Waals surface area contributed by atoms with E-state index in [4.69, 9.17) is 0 Å². The van der Waals surface area contributed by atoms with Gasteiger partial charge < -0.3 is 20.4 Å². The predicted octanol–water partition coefficient (Wildman–Crippen LogP) is 2.98. The molecule has 2 fully saturated rings. The number of rotatable bonds is 5. The van der Waals surface area contributed by atoms with Crippen molar-refractivity contribution in [3.63, 3.8) is 0 Å². The second-order valence-electron chi connectivity index (χ2n) is 8.33. The van der Waals surface area contributed by atoms with Gasteiger partial charge in [0.05, 0.1) is 0 Å². The molecule has 154 valence electrons. The first-order chi connectivity index (χ1) is 13.5. The molecule has 1 heterocycles. The number of benzene rings is 1. The number of carbonyl (C=O) groups is 2. The molecule has 0 spiro atoms. The Labute approximate surface area is 168 Å². The van der Waals surface area contributed by atoms with E-state index in [-0.39, 0.29) is 18.0 Å². The first-order valence-corrected chi connectivity index (χ1v) is 10.6. The molecule has 0 atom stereocenters. The van der Waals surface area contributed by atoms with Gasteiger partial charge in [-0.2, -0.15) is 0 Å². The lowest BCUT2D eigenvalue weighted by atomic mass is 9.92. The molecule has 1 aliphatic carbocycles. The van der Waals surface area contributed by atoms with Crippen molar-refractivity contribution in [3.05, 3.63) is 35.4 Å². The van der Waals surface area contributed by atoms with Crippen LogP contribution in [0.2, 0.25) is 0 Å². The number of piperidine rings is 1. The molecular weight excluding hydrogens is 352 g/mol. The number of hydrogen-bond acceptors (Lipinski definition) is 3. The van der Waals surface area contributed by atoms with Gasteiger partial charge in [-0.1, -0.05) is 31.4 Å². The normalized spacial score (nSPS) is 19.2. The van der Waals surface area contributed by atoms with Crippen LogP contribution in [0, 0.1) is 0 Å². The maximum atomic E-state index is 12.2. The second-order valence-corrected chi connectivity index (χ2v) is 8.33. The minimum Gasteiger partial charge on any atom is -0.345 e. The Hall–Kier alpha value is -2.08. The van der Waals surface area contributed by atoms with Gasteiger partial charge in [0.2, 0.25) is 0 Å². The average molecular weight is 387 g/mol. The quantitative estimate of drug-likeness (QED) is 0.818. The van der Waals surface area contributed by atoms with Crippen molar-refractivity contribution in [1.29, 1.82) is 0 Å². The molecule has 2 aliphatic rings. The monoisotopic (exact) mass is 386 g/mol. The molecule has 6 heteroatoms. The molecule has 1 aromatic rings. The molecule has 1 saturated carbocycles. The fraction of sp³-hybridized carbons (Fsp3) is 0.636. The summed E-state index contributed by atoms with van der Waals surface area (Å²) in [6.07, 6.45) is 8.89. The van der Waals surface area contributed by atoms with Gasteiger partial charge in [0.1, 0.15) is 0 Å². The van der Waals surface area contributed by atoms with Crippen LogP contribution < -0.4 is 10.6 Å². The second kappa shape index (κ2) is 9.92. The molecule has 6 nitrogen and oxygen atoms in total.